The van der Waals surface area contributed by atoms with Crippen molar-refractivity contribution in [3.63, 3.8) is 0 Å². The summed E-state index contributed by atoms with van der Waals surface area (Å²) >= 11 is 1.64. The van der Waals surface area contributed by atoms with Crippen LogP contribution in [0.1, 0.15) is 46.5 Å². The number of rotatable bonds is 3. The molecule has 0 aliphatic carbocycles. The summed E-state index contributed by atoms with van der Waals surface area (Å²) in [6, 6.07) is -0.770. The van der Waals surface area contributed by atoms with E-state index >= 15 is 0 Å². The SMILES string of the molecule is CC(C)(C)C(=O)OCn1nnc(C2N3C(=O)C(N)[C@H]3SC2(C)C)n1. The Morgan fingerprint density at radius 2 is 2.08 bits per heavy atom. The molecule has 1 aromatic heterocycles. The second kappa shape index (κ2) is 5.41. The number of hydrogen-bond acceptors (Lipinski definition) is 8. The topological polar surface area (TPSA) is 116 Å². The van der Waals surface area contributed by atoms with E-state index in [1.165, 1.54) is 4.80 Å². The van der Waals surface area contributed by atoms with E-state index in [1.807, 2.05) is 13.8 Å². The van der Waals surface area contributed by atoms with E-state index in [-0.39, 0.29) is 34.8 Å². The molecule has 9 nitrogen and oxygen atoms in total. The van der Waals surface area contributed by atoms with E-state index in [0.717, 1.165) is 0 Å². The number of ether oxygens (including phenoxy) is 1. The van der Waals surface area contributed by atoms with Crippen molar-refractivity contribution in [3.05, 3.63) is 5.82 Å². The summed E-state index contributed by atoms with van der Waals surface area (Å²) in [5.41, 5.74) is 5.27. The second-order valence-corrected chi connectivity index (χ2v) is 9.39. The first kappa shape index (κ1) is 17.2. The molecule has 2 aliphatic rings. The van der Waals surface area contributed by atoms with Gasteiger partial charge in [0.2, 0.25) is 12.6 Å². The third kappa shape index (κ3) is 2.67. The molecule has 2 saturated heterocycles. The van der Waals surface area contributed by atoms with Crippen molar-refractivity contribution in [2.45, 2.75) is 63.6 Å². The Kier molecular flexibility index (Phi) is 3.87. The molecule has 0 spiro atoms. The average Bonchev–Trinajstić information content (AvgIpc) is 3.03. The normalized spacial score (nSPS) is 28.5. The average molecular weight is 354 g/mol. The Hall–Kier alpha value is -1.68. The number of carbonyl (C=O) groups is 2. The van der Waals surface area contributed by atoms with Crippen molar-refractivity contribution in [1.82, 2.24) is 25.1 Å². The van der Waals surface area contributed by atoms with Crippen molar-refractivity contribution in [3.8, 4) is 0 Å². The predicted octanol–water partition coefficient (Wildman–Crippen LogP) is 0.282. The van der Waals surface area contributed by atoms with Crippen LogP contribution in [-0.4, -0.2) is 53.1 Å². The van der Waals surface area contributed by atoms with Crippen LogP contribution in [0.15, 0.2) is 0 Å². The minimum Gasteiger partial charge on any atom is -0.440 e. The third-order valence-electron chi connectivity index (χ3n) is 4.12. The number of carbonyl (C=O) groups excluding carboxylic acids is 2. The largest absolute Gasteiger partial charge is 0.440 e. The van der Waals surface area contributed by atoms with Gasteiger partial charge in [0.1, 0.15) is 17.5 Å². The Morgan fingerprint density at radius 1 is 1.42 bits per heavy atom. The maximum Gasteiger partial charge on any atom is 0.313 e. The molecule has 132 valence electrons. The first-order chi connectivity index (χ1) is 11.0. The van der Waals surface area contributed by atoms with Crippen LogP contribution in [-0.2, 0) is 21.1 Å². The highest BCUT2D eigenvalue weighted by molar-refractivity contribution is 8.01. The summed E-state index contributed by atoms with van der Waals surface area (Å²) in [5.74, 6) is -0.0114. The molecule has 1 aromatic rings. The maximum atomic E-state index is 12.1. The third-order valence-corrected chi connectivity index (χ3v) is 5.71. The standard InChI is InChI=1S/C14H22N6O3S/c1-13(2,3)12(22)23-6-19-17-9(16-18-19)8-14(4,5)24-11-7(15)10(21)20(8)11/h7-8,11H,6,15H2,1-5H3/t7?,8?,11-/m1/s1. The van der Waals surface area contributed by atoms with Crippen LogP contribution in [0, 0.1) is 5.41 Å². The van der Waals surface area contributed by atoms with Crippen LogP contribution in [0.3, 0.4) is 0 Å². The molecule has 10 heteroatoms. The first-order valence-corrected chi connectivity index (χ1v) is 8.61. The van der Waals surface area contributed by atoms with Gasteiger partial charge in [-0.3, -0.25) is 9.59 Å². The van der Waals surface area contributed by atoms with Gasteiger partial charge in [-0.2, -0.15) is 0 Å². The van der Waals surface area contributed by atoms with E-state index in [4.69, 9.17) is 10.5 Å². The Bertz CT molecular complexity index is 682. The quantitative estimate of drug-likeness (QED) is 0.608. The zero-order chi connectivity index (χ0) is 17.9. The van der Waals surface area contributed by atoms with Gasteiger partial charge in [-0.15, -0.1) is 26.8 Å². The summed E-state index contributed by atoms with van der Waals surface area (Å²) in [7, 11) is 0. The monoisotopic (exact) mass is 354 g/mol. The lowest BCUT2D eigenvalue weighted by molar-refractivity contribution is -0.157. The number of tetrazole rings is 1. The minimum atomic E-state index is -0.596. The van der Waals surface area contributed by atoms with E-state index in [1.54, 1.807) is 37.4 Å². The number of fused-ring (bicyclic) bond motifs is 1. The van der Waals surface area contributed by atoms with Gasteiger partial charge in [0.25, 0.3) is 0 Å². The van der Waals surface area contributed by atoms with Gasteiger partial charge in [-0.25, -0.2) is 0 Å². The van der Waals surface area contributed by atoms with Gasteiger partial charge < -0.3 is 15.4 Å². The smallest absolute Gasteiger partial charge is 0.313 e. The van der Waals surface area contributed by atoms with Crippen molar-refractivity contribution in [1.29, 1.82) is 0 Å². The fourth-order valence-corrected chi connectivity index (χ4v) is 4.39. The van der Waals surface area contributed by atoms with E-state index in [0.29, 0.717) is 5.82 Å². The van der Waals surface area contributed by atoms with Gasteiger partial charge in [0, 0.05) is 4.75 Å². The van der Waals surface area contributed by atoms with Crippen LogP contribution in [0.2, 0.25) is 0 Å². The molecule has 0 radical (unpaired) electrons. The lowest BCUT2D eigenvalue weighted by atomic mass is 9.96. The van der Waals surface area contributed by atoms with Crippen LogP contribution in [0.4, 0.5) is 0 Å². The molecule has 3 heterocycles. The molecule has 3 rings (SSSR count). The van der Waals surface area contributed by atoms with E-state index in [2.05, 4.69) is 15.4 Å². The van der Waals surface area contributed by atoms with E-state index < -0.39 is 11.5 Å². The highest BCUT2D eigenvalue weighted by Gasteiger charge is 2.61. The van der Waals surface area contributed by atoms with E-state index in [9.17, 15) is 9.59 Å². The number of nitrogens with zero attached hydrogens (tertiary/aromatic N) is 5. The Morgan fingerprint density at radius 3 is 2.71 bits per heavy atom. The highest BCUT2D eigenvalue weighted by Crippen LogP contribution is 2.56. The fourth-order valence-electron chi connectivity index (χ4n) is 2.81. The number of thioether (sulfide) groups is 1. The maximum absolute atomic E-state index is 12.1. The molecule has 2 unspecified atom stereocenters. The van der Waals surface area contributed by atoms with Gasteiger partial charge in [-0.05, 0) is 39.8 Å². The number of aromatic nitrogens is 4. The summed E-state index contributed by atoms with van der Waals surface area (Å²) in [5, 5.41) is 12.2. The number of esters is 1. The first-order valence-electron chi connectivity index (χ1n) is 7.73. The van der Waals surface area contributed by atoms with Crippen LogP contribution in [0.25, 0.3) is 0 Å². The molecule has 2 fully saturated rings. The molecular weight excluding hydrogens is 332 g/mol. The number of amides is 1. The zero-order valence-electron chi connectivity index (χ0n) is 14.4. The van der Waals surface area contributed by atoms with Gasteiger partial charge in [0.15, 0.2) is 5.82 Å². The molecule has 0 bridgehead atoms. The molecule has 0 aromatic carbocycles. The number of nitrogens with two attached hydrogens (primary N) is 1. The summed E-state index contributed by atoms with van der Waals surface area (Å²) in [6.45, 7) is 9.26. The molecule has 0 saturated carbocycles. The molecule has 24 heavy (non-hydrogen) atoms. The second-order valence-electron chi connectivity index (χ2n) is 7.62. The lowest BCUT2D eigenvalue weighted by Crippen LogP contribution is -2.65. The van der Waals surface area contributed by atoms with Gasteiger partial charge in [0.05, 0.1) is 5.41 Å². The molecule has 1 amide bonds. The van der Waals surface area contributed by atoms with Crippen molar-refractivity contribution in [2.24, 2.45) is 11.1 Å². The molecular formula is C14H22N6O3S. The molecule has 3 atom stereocenters. The molecule has 2 N–H and O–H groups in total. The van der Waals surface area contributed by atoms with Crippen LogP contribution >= 0.6 is 11.8 Å². The Labute approximate surface area is 144 Å². The summed E-state index contributed by atoms with van der Waals surface area (Å²) in [6.07, 6.45) is 0. The fraction of sp³-hybridized carbons (Fsp3) is 0.786. The van der Waals surface area contributed by atoms with Crippen molar-refractivity contribution >= 4 is 23.6 Å². The van der Waals surface area contributed by atoms with Crippen molar-refractivity contribution in [2.75, 3.05) is 0 Å². The number of β-lactam (4-membered cyclic amide) rings is 1. The molecule has 2 aliphatic heterocycles. The van der Waals surface area contributed by atoms with Gasteiger partial charge >= 0.3 is 5.97 Å². The number of hydrogen-bond donors (Lipinski definition) is 1. The lowest BCUT2D eigenvalue weighted by Gasteiger charge is -2.41. The predicted molar refractivity (Wildman–Crippen MR) is 86.4 cm³/mol. The summed E-state index contributed by atoms with van der Waals surface area (Å²) in [4.78, 5) is 26.8. The Balaban J connectivity index is 1.73. The van der Waals surface area contributed by atoms with Crippen LogP contribution < -0.4 is 5.73 Å². The van der Waals surface area contributed by atoms with Crippen molar-refractivity contribution < 1.29 is 14.3 Å². The minimum absolute atomic E-state index is 0.0526. The highest BCUT2D eigenvalue weighted by atomic mass is 32.2. The summed E-state index contributed by atoms with van der Waals surface area (Å²) < 4.78 is 4.90. The van der Waals surface area contributed by atoms with Crippen LogP contribution in [0.5, 0.6) is 0 Å². The van der Waals surface area contributed by atoms with Gasteiger partial charge in [-0.1, -0.05) is 0 Å². The zero-order valence-corrected chi connectivity index (χ0v) is 15.2.